The van der Waals surface area contributed by atoms with Crippen LogP contribution in [0.2, 0.25) is 38.8 Å². The Morgan fingerprint density at radius 2 is 1.45 bits per heavy atom. The van der Waals surface area contributed by atoms with Gasteiger partial charge in [-0.2, -0.15) is 0 Å². The predicted octanol–water partition coefficient (Wildman–Crippen LogP) is 3.99. The molecule has 1 radical (unpaired) electrons. The fourth-order valence-corrected chi connectivity index (χ4v) is 12.1. The molecule has 3 unspecified atom stereocenters. The molecule has 0 heterocycles. The van der Waals surface area contributed by atoms with Crippen LogP contribution >= 0.6 is 0 Å². The van der Waals surface area contributed by atoms with Crippen molar-refractivity contribution >= 4 is 16.5 Å². The number of aliphatic hydroxyl groups excluding tert-OH is 1. The van der Waals surface area contributed by atoms with E-state index in [2.05, 4.69) is 51.9 Å². The minimum Gasteiger partial charge on any atom is -0.667 e. The summed E-state index contributed by atoms with van der Waals surface area (Å²) in [5.41, 5.74) is 0. The van der Waals surface area contributed by atoms with Crippen molar-refractivity contribution in [3.8, 4) is 0 Å². The molecule has 2 N–H and O–H groups in total. The second-order valence-corrected chi connectivity index (χ2v) is 16.6. The third-order valence-corrected chi connectivity index (χ3v) is 9.42. The Hall–Kier alpha value is 0.820. The fourth-order valence-electron chi connectivity index (χ4n) is 2.83. The van der Waals surface area contributed by atoms with Crippen LogP contribution in [-0.2, 0) is 16.8 Å². The van der Waals surface area contributed by atoms with Gasteiger partial charge in [0.05, 0.1) is 6.10 Å². The molecule has 0 fully saturated rings. The molecule has 0 aliphatic heterocycles. The van der Waals surface area contributed by atoms with E-state index in [1.807, 2.05) is 6.92 Å². The van der Waals surface area contributed by atoms with Gasteiger partial charge in [-0.05, 0) is 20.3 Å². The normalized spacial score (nSPS) is 16.6. The Morgan fingerprint density at radius 3 is 1.80 bits per heavy atom. The zero-order valence-corrected chi connectivity index (χ0v) is 17.9. The van der Waals surface area contributed by atoms with Crippen LogP contribution in [0.3, 0.4) is 0 Å². The van der Waals surface area contributed by atoms with Crippen LogP contribution in [0.5, 0.6) is 0 Å². The molecule has 0 bridgehead atoms. The minimum absolute atomic E-state index is 0. The van der Waals surface area contributed by atoms with Crippen LogP contribution in [0.25, 0.3) is 4.65 Å². The zero-order valence-electron chi connectivity index (χ0n) is 14.9. The summed E-state index contributed by atoms with van der Waals surface area (Å²) in [5.74, 6) is 0. The third kappa shape index (κ3) is 15.2. The maximum atomic E-state index is 9.38. The van der Waals surface area contributed by atoms with E-state index < -0.39 is 16.5 Å². The summed E-state index contributed by atoms with van der Waals surface area (Å²) in [7, 11) is -2.75. The topological polar surface area (TPSA) is 46.4 Å². The molecule has 20 heavy (non-hydrogen) atoms. The second-order valence-electron chi connectivity index (χ2n) is 7.35. The fraction of sp³-hybridized carbons (Fsp3) is 0.929. The average Bonchev–Trinajstić information content (AvgIpc) is 1.92. The van der Waals surface area contributed by atoms with E-state index >= 15 is 0 Å². The van der Waals surface area contributed by atoms with Crippen molar-refractivity contribution < 1.29 is 21.9 Å². The molecule has 0 rings (SSSR count). The monoisotopic (exact) mass is 363 g/mol. The molecule has 0 saturated heterocycles. The molecule has 0 aromatic carbocycles. The van der Waals surface area contributed by atoms with Gasteiger partial charge in [-0.15, -0.1) is 0 Å². The molecular weight excluding hydrogens is 327 g/mol. The molecule has 3 nitrogen and oxygen atoms in total. The first-order valence-corrected chi connectivity index (χ1v) is 13.7. The summed E-state index contributed by atoms with van der Waals surface area (Å²) in [6.45, 7) is 17.9. The van der Waals surface area contributed by atoms with Gasteiger partial charge in [0.25, 0.3) is 0 Å². The van der Waals surface area contributed by atoms with E-state index in [0.29, 0.717) is 12.1 Å². The molecule has 0 aliphatic rings. The van der Waals surface area contributed by atoms with Gasteiger partial charge in [-0.25, -0.2) is 0 Å². The van der Waals surface area contributed by atoms with Crippen LogP contribution in [0.1, 0.15) is 27.2 Å². The van der Waals surface area contributed by atoms with Gasteiger partial charge >= 0.3 is 16.8 Å². The van der Waals surface area contributed by atoms with Crippen molar-refractivity contribution in [2.24, 2.45) is 0 Å². The van der Waals surface area contributed by atoms with Crippen LogP contribution in [0, 0.1) is 7.43 Å². The van der Waals surface area contributed by atoms with E-state index in [0.717, 1.165) is 6.42 Å². The first-order valence-electron chi connectivity index (χ1n) is 7.09. The Kier molecular flexibility index (Phi) is 13.6. The molecule has 0 aromatic rings. The second kappa shape index (κ2) is 10.5. The number of nitrogens with zero attached hydrogens (tertiary/aromatic N) is 1. The number of aliphatic hydroxyl groups is 1. The minimum atomic E-state index is -1.45. The summed E-state index contributed by atoms with van der Waals surface area (Å²) < 4.78 is 5.14. The molecular formula is C14H36CoN2OSi2. The molecule has 6 heteroatoms. The van der Waals surface area contributed by atoms with Crippen LogP contribution in [0.4, 0.5) is 0 Å². The Morgan fingerprint density at radius 1 is 1.00 bits per heavy atom. The van der Waals surface area contributed by atoms with E-state index in [9.17, 15) is 5.11 Å². The standard InChI is InChI=1S/C13H33N2OSi2.CH3.Co/c1-11(9-13(3)16)14-12(2)10-18(7,8)15-17(4,5)6;;/h11-14,16H,9-10H2,1-8H3;1H3;/q2*-1;+2. The van der Waals surface area contributed by atoms with E-state index in [-0.39, 0.29) is 30.3 Å². The predicted molar refractivity (Wildman–Crippen MR) is 93.8 cm³/mol. The Balaban J connectivity index is -0.00000144. The average molecular weight is 364 g/mol. The zero-order chi connectivity index (χ0) is 14.6. The molecule has 125 valence electrons. The Labute approximate surface area is 140 Å². The van der Waals surface area contributed by atoms with Crippen molar-refractivity contribution in [1.82, 2.24) is 5.32 Å². The van der Waals surface area contributed by atoms with Gasteiger partial charge in [-0.1, -0.05) is 62.2 Å². The summed E-state index contributed by atoms with van der Waals surface area (Å²) >= 11 is 0. The molecule has 0 aromatic heterocycles. The maximum absolute atomic E-state index is 9.38. The molecule has 0 amide bonds. The van der Waals surface area contributed by atoms with Crippen LogP contribution < -0.4 is 5.32 Å². The van der Waals surface area contributed by atoms with E-state index in [4.69, 9.17) is 4.65 Å². The van der Waals surface area contributed by atoms with Crippen molar-refractivity contribution in [3.63, 3.8) is 0 Å². The maximum Gasteiger partial charge on any atom is 2.00 e. The molecule has 0 spiro atoms. The number of nitrogens with one attached hydrogen (secondary N) is 1. The van der Waals surface area contributed by atoms with Gasteiger partial charge in [0.15, 0.2) is 0 Å². The smallest absolute Gasteiger partial charge is 0.667 e. The summed E-state index contributed by atoms with van der Waals surface area (Å²) in [4.78, 5) is 0. The third-order valence-electron chi connectivity index (χ3n) is 2.71. The largest absolute Gasteiger partial charge is 2.00 e. The molecule has 3 atom stereocenters. The first-order chi connectivity index (χ1) is 7.91. The molecule has 0 saturated carbocycles. The van der Waals surface area contributed by atoms with Crippen LogP contribution in [-0.4, -0.2) is 39.8 Å². The van der Waals surface area contributed by atoms with Gasteiger partial charge in [-0.3, -0.25) is 0 Å². The van der Waals surface area contributed by atoms with Gasteiger partial charge < -0.3 is 22.5 Å². The number of hydrogen-bond acceptors (Lipinski definition) is 2. The van der Waals surface area contributed by atoms with Gasteiger partial charge in [0, 0.05) is 12.1 Å². The number of hydrogen-bond donors (Lipinski definition) is 2. The number of rotatable bonds is 8. The summed E-state index contributed by atoms with van der Waals surface area (Å²) in [6, 6.07) is 2.04. The van der Waals surface area contributed by atoms with Crippen molar-refractivity contribution in [2.75, 3.05) is 0 Å². The quantitative estimate of drug-likeness (QED) is 0.506. The first kappa shape index (κ1) is 25.8. The van der Waals surface area contributed by atoms with Crippen molar-refractivity contribution in [1.29, 1.82) is 0 Å². The van der Waals surface area contributed by atoms with Gasteiger partial charge in [0.2, 0.25) is 0 Å². The van der Waals surface area contributed by atoms with Crippen molar-refractivity contribution in [3.05, 3.63) is 12.1 Å². The van der Waals surface area contributed by atoms with Crippen LogP contribution in [0.15, 0.2) is 0 Å². The van der Waals surface area contributed by atoms with E-state index in [1.54, 1.807) is 0 Å². The van der Waals surface area contributed by atoms with Gasteiger partial charge in [0.1, 0.15) is 0 Å². The summed E-state index contributed by atoms with van der Waals surface area (Å²) in [5, 5.41) is 13.0. The molecule has 0 aliphatic carbocycles. The van der Waals surface area contributed by atoms with Crippen molar-refractivity contribution in [2.45, 2.75) is 84.2 Å². The van der Waals surface area contributed by atoms with E-state index in [1.165, 1.54) is 6.04 Å². The SMILES string of the molecule is CC(O)CC(C)NC(C)C[Si](C)(C)[N-][Si](C)(C)C.[CH3-].[Co+2]. The Bertz CT molecular complexity index is 246. The summed E-state index contributed by atoms with van der Waals surface area (Å²) in [6.07, 6.45) is 0.592.